The van der Waals surface area contributed by atoms with Crippen LogP contribution in [0.25, 0.3) is 11.4 Å². The number of nitrogens with zero attached hydrogens (tertiary/aromatic N) is 5. The van der Waals surface area contributed by atoms with Crippen LogP contribution in [0.1, 0.15) is 40.4 Å². The molecule has 25 heavy (non-hydrogen) atoms. The number of aromatic amines is 1. The Hall–Kier alpha value is -2.96. The van der Waals surface area contributed by atoms with Crippen LogP contribution in [-0.4, -0.2) is 42.8 Å². The first-order chi connectivity index (χ1) is 11.9. The summed E-state index contributed by atoms with van der Waals surface area (Å²) in [6.45, 7) is 5.98. The Labute approximate surface area is 146 Å². The molecule has 3 heterocycles. The molecular weight excluding hydrogens is 316 g/mol. The number of hydrogen-bond donors (Lipinski definition) is 1. The zero-order valence-corrected chi connectivity index (χ0v) is 15.1. The fourth-order valence-corrected chi connectivity index (χ4v) is 3.03. The first-order valence-corrected chi connectivity index (χ1v) is 8.14. The molecule has 0 aliphatic carbocycles. The predicted molar refractivity (Wildman–Crippen MR) is 95.0 cm³/mol. The summed E-state index contributed by atoms with van der Waals surface area (Å²) in [4.78, 5) is 18.8. The molecule has 130 valence electrons. The van der Waals surface area contributed by atoms with Gasteiger partial charge in [-0.2, -0.15) is 10.2 Å². The number of carbonyl (C=O) groups is 1. The maximum Gasteiger partial charge on any atom is 0.272 e. The van der Waals surface area contributed by atoms with Crippen LogP contribution in [0.4, 0.5) is 0 Å². The van der Waals surface area contributed by atoms with Gasteiger partial charge in [-0.05, 0) is 39.0 Å². The Morgan fingerprint density at radius 2 is 2.04 bits per heavy atom. The number of carbonyl (C=O) groups excluding carboxylic acids is 1. The minimum Gasteiger partial charge on any atom is -0.333 e. The lowest BCUT2D eigenvalue weighted by Gasteiger charge is -2.25. The molecule has 0 aliphatic heterocycles. The maximum atomic E-state index is 12.8. The van der Waals surface area contributed by atoms with Crippen LogP contribution in [0, 0.1) is 13.8 Å². The SMILES string of the molecule is Cc1nn(C)c(C)c1[C@H](C)N(C)C(=O)c1cc(-c2ccccn2)n[nH]1. The first kappa shape index (κ1) is 16.9. The number of H-pyrrole nitrogens is 1. The van der Waals surface area contributed by atoms with E-state index in [-0.39, 0.29) is 11.9 Å². The molecule has 1 N–H and O–H groups in total. The summed E-state index contributed by atoms with van der Waals surface area (Å²) in [5.74, 6) is -0.121. The summed E-state index contributed by atoms with van der Waals surface area (Å²) < 4.78 is 1.84. The predicted octanol–water partition coefficient (Wildman–Crippen LogP) is 2.66. The topological polar surface area (TPSA) is 79.7 Å². The van der Waals surface area contributed by atoms with Gasteiger partial charge in [0, 0.05) is 31.5 Å². The van der Waals surface area contributed by atoms with Gasteiger partial charge < -0.3 is 4.90 Å². The van der Waals surface area contributed by atoms with Gasteiger partial charge in [0.15, 0.2) is 0 Å². The highest BCUT2D eigenvalue weighted by Gasteiger charge is 2.25. The fourth-order valence-electron chi connectivity index (χ4n) is 3.03. The van der Waals surface area contributed by atoms with E-state index in [9.17, 15) is 4.79 Å². The molecule has 7 nitrogen and oxygen atoms in total. The third kappa shape index (κ3) is 3.05. The van der Waals surface area contributed by atoms with Gasteiger partial charge in [0.25, 0.3) is 5.91 Å². The highest BCUT2D eigenvalue weighted by atomic mass is 16.2. The molecule has 0 aromatic carbocycles. The van der Waals surface area contributed by atoms with Gasteiger partial charge in [0.05, 0.1) is 17.4 Å². The van der Waals surface area contributed by atoms with Crippen LogP contribution in [-0.2, 0) is 7.05 Å². The minimum atomic E-state index is -0.121. The summed E-state index contributed by atoms with van der Waals surface area (Å²) >= 11 is 0. The van der Waals surface area contributed by atoms with Crippen molar-refractivity contribution in [2.45, 2.75) is 26.8 Å². The lowest BCUT2D eigenvalue weighted by atomic mass is 10.0. The van der Waals surface area contributed by atoms with Crippen molar-refractivity contribution in [1.29, 1.82) is 0 Å². The highest BCUT2D eigenvalue weighted by molar-refractivity contribution is 5.93. The minimum absolute atomic E-state index is 0.0946. The van der Waals surface area contributed by atoms with Gasteiger partial charge in [0.2, 0.25) is 0 Å². The number of aromatic nitrogens is 5. The summed E-state index contributed by atoms with van der Waals surface area (Å²) in [5, 5.41) is 11.5. The Bertz CT molecular complexity index is 896. The standard InChI is InChI=1S/C18H22N6O/c1-11-17(13(3)24(5)22-11)12(2)23(4)18(25)16-10-15(20-21-16)14-8-6-7-9-19-14/h6-10,12H,1-5H3,(H,20,21)/t12-/m0/s1. The molecule has 3 rings (SSSR count). The zero-order valence-electron chi connectivity index (χ0n) is 15.1. The second-order valence-corrected chi connectivity index (χ2v) is 6.18. The maximum absolute atomic E-state index is 12.8. The van der Waals surface area contributed by atoms with E-state index in [1.807, 2.05) is 50.7 Å². The van der Waals surface area contributed by atoms with Crippen molar-refractivity contribution in [3.05, 3.63) is 53.1 Å². The first-order valence-electron chi connectivity index (χ1n) is 8.14. The van der Waals surface area contributed by atoms with Gasteiger partial charge in [-0.3, -0.25) is 19.6 Å². The number of pyridine rings is 1. The number of hydrogen-bond acceptors (Lipinski definition) is 4. The molecule has 7 heteroatoms. The average molecular weight is 338 g/mol. The lowest BCUT2D eigenvalue weighted by molar-refractivity contribution is 0.0736. The van der Waals surface area contributed by atoms with E-state index < -0.39 is 0 Å². The molecular formula is C18H22N6O. The van der Waals surface area contributed by atoms with Crippen LogP contribution in [0.5, 0.6) is 0 Å². The lowest BCUT2D eigenvalue weighted by Crippen LogP contribution is -2.30. The molecule has 0 radical (unpaired) electrons. The molecule has 0 saturated carbocycles. The molecule has 0 saturated heterocycles. The average Bonchev–Trinajstić information content (AvgIpc) is 3.19. The van der Waals surface area contributed by atoms with Gasteiger partial charge in [-0.1, -0.05) is 6.07 Å². The van der Waals surface area contributed by atoms with Crippen molar-refractivity contribution >= 4 is 5.91 Å². The quantitative estimate of drug-likeness (QED) is 0.793. The van der Waals surface area contributed by atoms with Gasteiger partial charge in [-0.15, -0.1) is 0 Å². The zero-order chi connectivity index (χ0) is 18.1. The third-order valence-electron chi connectivity index (χ3n) is 4.62. The van der Waals surface area contributed by atoms with E-state index in [0.29, 0.717) is 11.4 Å². The van der Waals surface area contributed by atoms with Crippen LogP contribution in [0.2, 0.25) is 0 Å². The summed E-state index contributed by atoms with van der Waals surface area (Å²) in [7, 11) is 3.70. The van der Waals surface area contributed by atoms with Gasteiger partial charge in [-0.25, -0.2) is 0 Å². The molecule has 0 spiro atoms. The molecule has 1 atom stereocenters. The number of nitrogens with one attached hydrogen (secondary N) is 1. The number of amides is 1. The molecule has 0 unspecified atom stereocenters. The Morgan fingerprint density at radius 1 is 1.28 bits per heavy atom. The monoisotopic (exact) mass is 338 g/mol. The van der Waals surface area contributed by atoms with Crippen molar-refractivity contribution in [3.8, 4) is 11.4 Å². The Balaban J connectivity index is 1.84. The molecule has 0 fully saturated rings. The molecule has 0 aliphatic rings. The van der Waals surface area contributed by atoms with Crippen molar-refractivity contribution in [2.24, 2.45) is 7.05 Å². The Kier molecular flexibility index (Phi) is 4.39. The number of aryl methyl sites for hydroxylation is 2. The molecule has 3 aromatic heterocycles. The molecule has 0 bridgehead atoms. The fraction of sp³-hybridized carbons (Fsp3) is 0.333. The largest absolute Gasteiger partial charge is 0.333 e. The number of rotatable bonds is 4. The second-order valence-electron chi connectivity index (χ2n) is 6.18. The van der Waals surface area contributed by atoms with E-state index in [2.05, 4.69) is 20.3 Å². The third-order valence-corrected chi connectivity index (χ3v) is 4.62. The van der Waals surface area contributed by atoms with Crippen LogP contribution in [0.3, 0.4) is 0 Å². The summed E-state index contributed by atoms with van der Waals surface area (Å²) in [6.07, 6.45) is 1.70. The van der Waals surface area contributed by atoms with Gasteiger partial charge in [0.1, 0.15) is 11.4 Å². The van der Waals surface area contributed by atoms with Crippen molar-refractivity contribution < 1.29 is 4.79 Å². The van der Waals surface area contributed by atoms with E-state index in [4.69, 9.17) is 0 Å². The molecule has 1 amide bonds. The second kappa shape index (κ2) is 6.51. The van der Waals surface area contributed by atoms with Crippen LogP contribution >= 0.6 is 0 Å². The highest BCUT2D eigenvalue weighted by Crippen LogP contribution is 2.26. The van der Waals surface area contributed by atoms with E-state index in [0.717, 1.165) is 22.6 Å². The smallest absolute Gasteiger partial charge is 0.272 e. The molecule has 3 aromatic rings. The van der Waals surface area contributed by atoms with E-state index in [1.165, 1.54) is 0 Å². The summed E-state index contributed by atoms with van der Waals surface area (Å²) in [6, 6.07) is 7.23. The van der Waals surface area contributed by atoms with Crippen molar-refractivity contribution in [2.75, 3.05) is 7.05 Å². The van der Waals surface area contributed by atoms with Gasteiger partial charge >= 0.3 is 0 Å². The normalized spacial score (nSPS) is 12.2. The van der Waals surface area contributed by atoms with E-state index >= 15 is 0 Å². The van der Waals surface area contributed by atoms with Crippen molar-refractivity contribution in [1.82, 2.24) is 29.9 Å². The Morgan fingerprint density at radius 3 is 2.64 bits per heavy atom. The van der Waals surface area contributed by atoms with Crippen molar-refractivity contribution in [3.63, 3.8) is 0 Å². The van der Waals surface area contributed by atoms with Crippen LogP contribution < -0.4 is 0 Å². The van der Waals surface area contributed by atoms with E-state index in [1.54, 1.807) is 24.2 Å². The van der Waals surface area contributed by atoms with Crippen LogP contribution in [0.15, 0.2) is 30.5 Å². The summed E-state index contributed by atoms with van der Waals surface area (Å²) in [5.41, 5.74) is 4.89.